The van der Waals surface area contributed by atoms with E-state index in [1.54, 1.807) is 17.2 Å². The quantitative estimate of drug-likeness (QED) is 0.665. The summed E-state index contributed by atoms with van der Waals surface area (Å²) >= 11 is 0. The van der Waals surface area contributed by atoms with Gasteiger partial charge in [-0.25, -0.2) is 0 Å². The van der Waals surface area contributed by atoms with Crippen LogP contribution in [0, 0.1) is 10.1 Å². The van der Waals surface area contributed by atoms with Gasteiger partial charge in [0.15, 0.2) is 0 Å². The Morgan fingerprint density at radius 2 is 2.10 bits per heavy atom. The van der Waals surface area contributed by atoms with E-state index in [2.05, 4.69) is 4.98 Å². The average Bonchev–Trinajstić information content (AvgIpc) is 2.90. The SMILES string of the molecule is O=C(c1c[nH]c2cc([N+](=O)[O-])ccc12)N1CCOCC1. The van der Waals surface area contributed by atoms with E-state index in [0.717, 1.165) is 0 Å². The van der Waals surface area contributed by atoms with Crippen LogP contribution in [0.5, 0.6) is 0 Å². The molecule has 1 N–H and O–H groups in total. The lowest BCUT2D eigenvalue weighted by Gasteiger charge is -2.26. The van der Waals surface area contributed by atoms with E-state index in [0.29, 0.717) is 42.8 Å². The summed E-state index contributed by atoms with van der Waals surface area (Å²) in [6, 6.07) is 4.45. The first-order valence-corrected chi connectivity index (χ1v) is 6.29. The fourth-order valence-electron chi connectivity index (χ4n) is 2.34. The van der Waals surface area contributed by atoms with Crippen LogP contribution < -0.4 is 0 Å². The number of hydrogen-bond acceptors (Lipinski definition) is 4. The number of nitro groups is 1. The molecule has 1 fully saturated rings. The Hall–Kier alpha value is -2.41. The number of morpholine rings is 1. The van der Waals surface area contributed by atoms with Crippen molar-refractivity contribution in [2.45, 2.75) is 0 Å². The number of hydrogen-bond donors (Lipinski definition) is 1. The highest BCUT2D eigenvalue weighted by Gasteiger charge is 2.21. The van der Waals surface area contributed by atoms with Gasteiger partial charge in [-0.1, -0.05) is 0 Å². The Morgan fingerprint density at radius 3 is 2.80 bits per heavy atom. The van der Waals surface area contributed by atoms with Crippen LogP contribution in [-0.2, 0) is 4.74 Å². The predicted molar refractivity (Wildman–Crippen MR) is 71.7 cm³/mol. The number of H-pyrrole nitrogens is 1. The predicted octanol–water partition coefficient (Wildman–Crippen LogP) is 1.55. The lowest BCUT2D eigenvalue weighted by atomic mass is 10.1. The van der Waals surface area contributed by atoms with Crippen LogP contribution in [0.2, 0.25) is 0 Å². The van der Waals surface area contributed by atoms with Gasteiger partial charge in [-0.15, -0.1) is 0 Å². The summed E-state index contributed by atoms with van der Waals surface area (Å²) in [5.41, 5.74) is 1.14. The molecule has 104 valence electrons. The van der Waals surface area contributed by atoms with Crippen LogP contribution in [0.3, 0.4) is 0 Å². The monoisotopic (exact) mass is 275 g/mol. The molecular formula is C13H13N3O4. The molecule has 3 rings (SSSR count). The second-order valence-corrected chi connectivity index (χ2v) is 4.59. The summed E-state index contributed by atoms with van der Waals surface area (Å²) in [6.07, 6.45) is 1.60. The van der Waals surface area contributed by atoms with Gasteiger partial charge in [0.2, 0.25) is 0 Å². The standard InChI is InChI=1S/C13H13N3O4/c17-13(15-3-5-20-6-4-15)11-8-14-12-7-9(16(18)19)1-2-10(11)12/h1-2,7-8,14H,3-6H2. The molecule has 1 amide bonds. The highest BCUT2D eigenvalue weighted by molar-refractivity contribution is 6.07. The topological polar surface area (TPSA) is 88.5 Å². The molecule has 7 nitrogen and oxygen atoms in total. The molecule has 1 aromatic carbocycles. The number of carbonyl (C=O) groups excluding carboxylic acids is 1. The first-order valence-electron chi connectivity index (χ1n) is 6.29. The van der Waals surface area contributed by atoms with E-state index < -0.39 is 4.92 Å². The smallest absolute Gasteiger partial charge is 0.271 e. The summed E-state index contributed by atoms with van der Waals surface area (Å²) in [5.74, 6) is -0.0756. The molecule has 0 atom stereocenters. The van der Waals surface area contributed by atoms with Crippen molar-refractivity contribution in [3.63, 3.8) is 0 Å². The zero-order chi connectivity index (χ0) is 14.1. The second-order valence-electron chi connectivity index (χ2n) is 4.59. The number of non-ortho nitro benzene ring substituents is 1. The normalized spacial score (nSPS) is 15.5. The first-order chi connectivity index (χ1) is 9.66. The van der Waals surface area contributed by atoms with E-state index >= 15 is 0 Å². The highest BCUT2D eigenvalue weighted by Crippen LogP contribution is 2.24. The van der Waals surface area contributed by atoms with Gasteiger partial charge < -0.3 is 14.6 Å². The van der Waals surface area contributed by atoms with Crippen LogP contribution in [0.25, 0.3) is 10.9 Å². The minimum atomic E-state index is -0.455. The number of carbonyl (C=O) groups is 1. The molecule has 2 heterocycles. The van der Waals surface area contributed by atoms with Crippen LogP contribution in [-0.4, -0.2) is 47.0 Å². The molecule has 2 aromatic rings. The summed E-state index contributed by atoms with van der Waals surface area (Å²) in [5, 5.41) is 11.4. The Bertz CT molecular complexity index is 673. The van der Waals surface area contributed by atoms with Crippen LogP contribution in [0.15, 0.2) is 24.4 Å². The van der Waals surface area contributed by atoms with E-state index in [9.17, 15) is 14.9 Å². The maximum absolute atomic E-state index is 12.4. The van der Waals surface area contributed by atoms with Crippen LogP contribution in [0.1, 0.15) is 10.4 Å². The molecule has 20 heavy (non-hydrogen) atoms. The Balaban J connectivity index is 1.95. The molecule has 0 aliphatic carbocycles. The minimum absolute atomic E-state index is 0.00437. The number of aromatic amines is 1. The van der Waals surface area contributed by atoms with Crippen LogP contribution in [0.4, 0.5) is 5.69 Å². The molecular weight excluding hydrogens is 262 g/mol. The fourth-order valence-corrected chi connectivity index (χ4v) is 2.34. The molecule has 0 unspecified atom stereocenters. The third-order valence-electron chi connectivity index (χ3n) is 3.40. The Labute approximate surface area is 114 Å². The minimum Gasteiger partial charge on any atom is -0.378 e. The van der Waals surface area contributed by atoms with E-state index in [-0.39, 0.29) is 11.6 Å². The van der Waals surface area contributed by atoms with E-state index in [1.165, 1.54) is 12.1 Å². The van der Waals surface area contributed by atoms with E-state index in [4.69, 9.17) is 4.74 Å². The fraction of sp³-hybridized carbons (Fsp3) is 0.308. The molecule has 1 saturated heterocycles. The number of amides is 1. The number of rotatable bonds is 2. The Morgan fingerprint density at radius 1 is 1.35 bits per heavy atom. The van der Waals surface area contributed by atoms with E-state index in [1.807, 2.05) is 0 Å². The molecule has 0 saturated carbocycles. The van der Waals surface area contributed by atoms with Gasteiger partial charge in [0.1, 0.15) is 0 Å². The Kier molecular flexibility index (Phi) is 3.11. The van der Waals surface area contributed by atoms with Crippen molar-refractivity contribution in [2.24, 2.45) is 0 Å². The maximum atomic E-state index is 12.4. The summed E-state index contributed by atoms with van der Waals surface area (Å²) < 4.78 is 5.22. The molecule has 1 aromatic heterocycles. The van der Waals surface area contributed by atoms with Crippen molar-refractivity contribution in [3.8, 4) is 0 Å². The van der Waals surface area contributed by atoms with Crippen molar-refractivity contribution in [3.05, 3.63) is 40.1 Å². The third kappa shape index (κ3) is 2.12. The summed E-state index contributed by atoms with van der Waals surface area (Å²) in [4.78, 5) is 27.3. The lowest BCUT2D eigenvalue weighted by Crippen LogP contribution is -2.40. The van der Waals surface area contributed by atoms with Gasteiger partial charge >= 0.3 is 0 Å². The zero-order valence-electron chi connectivity index (χ0n) is 10.7. The van der Waals surface area contributed by atoms with Gasteiger partial charge in [0.05, 0.1) is 29.2 Å². The van der Waals surface area contributed by atoms with Gasteiger partial charge in [0.25, 0.3) is 11.6 Å². The van der Waals surface area contributed by atoms with Crippen molar-refractivity contribution < 1.29 is 14.5 Å². The number of fused-ring (bicyclic) bond motifs is 1. The van der Waals surface area contributed by atoms with Crippen LogP contribution >= 0.6 is 0 Å². The number of benzene rings is 1. The maximum Gasteiger partial charge on any atom is 0.271 e. The number of ether oxygens (including phenoxy) is 1. The largest absolute Gasteiger partial charge is 0.378 e. The average molecular weight is 275 g/mol. The van der Waals surface area contributed by atoms with Gasteiger partial charge in [-0.3, -0.25) is 14.9 Å². The van der Waals surface area contributed by atoms with Gasteiger partial charge in [0, 0.05) is 36.8 Å². The number of aromatic nitrogens is 1. The molecule has 7 heteroatoms. The van der Waals surface area contributed by atoms with Gasteiger partial charge in [-0.05, 0) is 6.07 Å². The number of nitrogens with zero attached hydrogens (tertiary/aromatic N) is 2. The molecule has 0 radical (unpaired) electrons. The summed E-state index contributed by atoms with van der Waals surface area (Å²) in [6.45, 7) is 2.22. The third-order valence-corrected chi connectivity index (χ3v) is 3.40. The highest BCUT2D eigenvalue weighted by atomic mass is 16.6. The van der Waals surface area contributed by atoms with Crippen molar-refractivity contribution >= 4 is 22.5 Å². The molecule has 0 bridgehead atoms. The molecule has 1 aliphatic rings. The zero-order valence-corrected chi connectivity index (χ0v) is 10.7. The number of nitro benzene ring substituents is 1. The van der Waals surface area contributed by atoms with Crippen molar-refractivity contribution in [1.29, 1.82) is 0 Å². The lowest BCUT2D eigenvalue weighted by molar-refractivity contribution is -0.384. The number of nitrogens with one attached hydrogen (secondary N) is 1. The summed E-state index contributed by atoms with van der Waals surface area (Å²) in [7, 11) is 0. The second kappa shape index (κ2) is 4.93. The first kappa shape index (κ1) is 12.6. The van der Waals surface area contributed by atoms with Gasteiger partial charge in [-0.2, -0.15) is 0 Å². The van der Waals surface area contributed by atoms with Crippen molar-refractivity contribution in [1.82, 2.24) is 9.88 Å². The molecule has 1 aliphatic heterocycles. The van der Waals surface area contributed by atoms with Crippen molar-refractivity contribution in [2.75, 3.05) is 26.3 Å². The molecule has 0 spiro atoms.